The largest absolute Gasteiger partial charge is 0.492 e. The number of ether oxygens (including phenoxy) is 3. The zero-order valence-electron chi connectivity index (χ0n) is 24.2. The first kappa shape index (κ1) is 33.3. The molecule has 0 aliphatic heterocycles. The van der Waals surface area contributed by atoms with Gasteiger partial charge in [0, 0.05) is 31.7 Å². The number of urea groups is 1. The summed E-state index contributed by atoms with van der Waals surface area (Å²) in [6, 6.07) is 15.0. The molecular weight excluding hydrogens is 596 g/mol. The number of hydrogen-bond donors (Lipinski definition) is 2. The van der Waals surface area contributed by atoms with E-state index in [0.717, 1.165) is 6.07 Å². The Morgan fingerprint density at radius 1 is 0.886 bits per heavy atom. The smallest absolute Gasteiger partial charge is 0.323 e. The van der Waals surface area contributed by atoms with Crippen molar-refractivity contribution in [2.45, 2.75) is 20.8 Å². The zero-order valence-corrected chi connectivity index (χ0v) is 25.0. The number of para-hydroxylation sites is 2. The van der Waals surface area contributed by atoms with E-state index < -0.39 is 22.9 Å². The minimum absolute atomic E-state index is 0.0153. The second-order valence-electron chi connectivity index (χ2n) is 8.97. The molecule has 14 nitrogen and oxygen atoms in total. The first-order valence-corrected chi connectivity index (χ1v) is 13.8. The lowest BCUT2D eigenvalue weighted by molar-refractivity contribution is -0.384. The molecule has 3 aromatic rings. The van der Waals surface area contributed by atoms with Gasteiger partial charge in [0.15, 0.2) is 0 Å². The summed E-state index contributed by atoms with van der Waals surface area (Å²) < 4.78 is 15.8. The van der Waals surface area contributed by atoms with Crippen molar-refractivity contribution >= 4 is 63.7 Å². The van der Waals surface area contributed by atoms with Gasteiger partial charge in [-0.15, -0.1) is 10.2 Å². The molecular formula is C29H31ClN6O8. The second kappa shape index (κ2) is 16.4. The quantitative estimate of drug-likeness (QED) is 0.0860. The molecule has 0 atom stereocenters. The van der Waals surface area contributed by atoms with E-state index in [1.807, 2.05) is 6.92 Å². The summed E-state index contributed by atoms with van der Waals surface area (Å²) in [7, 11) is 0. The number of nitrogens with one attached hydrogen (secondary N) is 2. The van der Waals surface area contributed by atoms with E-state index in [2.05, 4.69) is 20.9 Å². The molecule has 0 bridgehead atoms. The van der Waals surface area contributed by atoms with E-state index in [-0.39, 0.29) is 54.1 Å². The Bertz CT molecular complexity index is 1510. The molecule has 0 heterocycles. The highest BCUT2D eigenvalue weighted by atomic mass is 35.5. The van der Waals surface area contributed by atoms with Crippen LogP contribution in [0.4, 0.5) is 38.9 Å². The van der Waals surface area contributed by atoms with Crippen molar-refractivity contribution in [1.29, 1.82) is 0 Å². The van der Waals surface area contributed by atoms with Crippen LogP contribution in [-0.4, -0.2) is 55.8 Å². The number of carbonyl (C=O) groups excluding carboxylic acids is 3. The van der Waals surface area contributed by atoms with E-state index in [9.17, 15) is 24.5 Å². The van der Waals surface area contributed by atoms with E-state index in [1.165, 1.54) is 26.0 Å². The van der Waals surface area contributed by atoms with Crippen molar-refractivity contribution < 1.29 is 33.5 Å². The molecule has 3 aromatic carbocycles. The van der Waals surface area contributed by atoms with E-state index in [4.69, 9.17) is 25.8 Å². The van der Waals surface area contributed by atoms with Gasteiger partial charge in [0.1, 0.15) is 30.3 Å². The van der Waals surface area contributed by atoms with Gasteiger partial charge in [-0.2, -0.15) is 0 Å². The van der Waals surface area contributed by atoms with E-state index >= 15 is 0 Å². The molecule has 0 aliphatic carbocycles. The van der Waals surface area contributed by atoms with Gasteiger partial charge in [0.25, 0.3) is 5.69 Å². The highest BCUT2D eigenvalue weighted by molar-refractivity contribution is 6.33. The molecule has 0 saturated heterocycles. The number of anilines is 3. The minimum Gasteiger partial charge on any atom is -0.492 e. The molecule has 15 heteroatoms. The number of halogens is 1. The van der Waals surface area contributed by atoms with Gasteiger partial charge >= 0.3 is 18.0 Å². The molecule has 44 heavy (non-hydrogen) atoms. The van der Waals surface area contributed by atoms with Crippen LogP contribution in [0.2, 0.25) is 5.02 Å². The lowest BCUT2D eigenvalue weighted by Crippen LogP contribution is -2.32. The third kappa shape index (κ3) is 10.2. The van der Waals surface area contributed by atoms with Gasteiger partial charge in [-0.3, -0.25) is 19.7 Å². The molecule has 0 aliphatic rings. The number of hydrogen-bond acceptors (Lipinski definition) is 11. The van der Waals surface area contributed by atoms with Gasteiger partial charge in [-0.05, 0) is 43.3 Å². The van der Waals surface area contributed by atoms with Crippen LogP contribution in [-0.2, 0) is 19.1 Å². The molecule has 0 fully saturated rings. The fourth-order valence-electron chi connectivity index (χ4n) is 3.80. The van der Waals surface area contributed by atoms with Gasteiger partial charge < -0.3 is 29.7 Å². The van der Waals surface area contributed by atoms with Crippen LogP contribution >= 0.6 is 11.6 Å². The van der Waals surface area contributed by atoms with Crippen LogP contribution in [0.5, 0.6) is 5.75 Å². The van der Waals surface area contributed by atoms with Gasteiger partial charge in [0.2, 0.25) is 0 Å². The topological polar surface area (TPSA) is 174 Å². The standard InChI is InChI=1S/C29H31ClN6O8/c1-4-42-28-8-6-5-7-26(28)31-29(39)32-27-18-21(35(13-15-43-19(2)37)14-16-44-20(3)38)9-12-25(27)34-33-24-11-10-22(36(40)41)17-23(24)30/h5-12,17-18H,4,13-16H2,1-3H3,(H2,31,32,39). The maximum atomic E-state index is 13.1. The Morgan fingerprint density at radius 2 is 1.50 bits per heavy atom. The first-order valence-electron chi connectivity index (χ1n) is 13.4. The summed E-state index contributed by atoms with van der Waals surface area (Å²) in [5, 5.41) is 25.0. The van der Waals surface area contributed by atoms with Crippen LogP contribution in [0.1, 0.15) is 20.8 Å². The maximum absolute atomic E-state index is 13.1. The number of nitrogens with zero attached hydrogens (tertiary/aromatic N) is 4. The number of azo groups is 1. The summed E-state index contributed by atoms with van der Waals surface area (Å²) in [4.78, 5) is 48.1. The number of esters is 2. The SMILES string of the molecule is CCOc1ccccc1NC(=O)Nc1cc(N(CCOC(C)=O)CCOC(C)=O)ccc1N=Nc1ccc([N+](=O)[O-])cc1Cl. The van der Waals surface area contributed by atoms with Gasteiger partial charge in [-0.25, -0.2) is 4.79 Å². The lowest BCUT2D eigenvalue weighted by Gasteiger charge is -2.25. The molecule has 0 radical (unpaired) electrons. The van der Waals surface area contributed by atoms with Crippen molar-refractivity contribution in [2.75, 3.05) is 48.4 Å². The third-order valence-electron chi connectivity index (χ3n) is 5.77. The molecule has 0 spiro atoms. The van der Waals surface area contributed by atoms with Crippen LogP contribution in [0.25, 0.3) is 0 Å². The second-order valence-corrected chi connectivity index (χ2v) is 9.38. The minimum atomic E-state index is -0.606. The molecule has 3 rings (SSSR count). The maximum Gasteiger partial charge on any atom is 0.323 e. The predicted octanol–water partition coefficient (Wildman–Crippen LogP) is 6.64. The molecule has 232 valence electrons. The normalized spacial score (nSPS) is 10.6. The van der Waals surface area contributed by atoms with Crippen LogP contribution in [0.15, 0.2) is 70.9 Å². The predicted molar refractivity (Wildman–Crippen MR) is 164 cm³/mol. The summed E-state index contributed by atoms with van der Waals surface area (Å²) in [6.07, 6.45) is 0. The van der Waals surface area contributed by atoms with Crippen LogP contribution in [0.3, 0.4) is 0 Å². The highest BCUT2D eigenvalue weighted by Crippen LogP contribution is 2.35. The molecule has 2 N–H and O–H groups in total. The van der Waals surface area contributed by atoms with E-state index in [0.29, 0.717) is 23.7 Å². The summed E-state index contributed by atoms with van der Waals surface area (Å²) in [5.41, 5.74) is 1.46. The van der Waals surface area contributed by atoms with Gasteiger partial charge in [-0.1, -0.05) is 23.7 Å². The van der Waals surface area contributed by atoms with Crippen LogP contribution in [0, 0.1) is 10.1 Å². The van der Waals surface area contributed by atoms with Crippen molar-refractivity contribution in [3.63, 3.8) is 0 Å². The Kier molecular flexibility index (Phi) is 12.4. The number of amides is 2. The fraction of sp³-hybridized carbons (Fsp3) is 0.276. The summed E-state index contributed by atoms with van der Waals surface area (Å²) in [5.74, 6) is -0.414. The number of rotatable bonds is 14. The van der Waals surface area contributed by atoms with Crippen molar-refractivity contribution in [2.24, 2.45) is 10.2 Å². The summed E-state index contributed by atoms with van der Waals surface area (Å²) in [6.45, 7) is 5.45. The highest BCUT2D eigenvalue weighted by Gasteiger charge is 2.15. The van der Waals surface area contributed by atoms with Gasteiger partial charge in [0.05, 0.1) is 41.0 Å². The molecule has 0 unspecified atom stereocenters. The van der Waals surface area contributed by atoms with Crippen LogP contribution < -0.4 is 20.3 Å². The van der Waals surface area contributed by atoms with Crippen molar-refractivity contribution in [1.82, 2.24) is 0 Å². The Morgan fingerprint density at radius 3 is 2.11 bits per heavy atom. The zero-order chi connectivity index (χ0) is 32.1. The molecule has 0 aromatic heterocycles. The number of benzene rings is 3. The first-order chi connectivity index (χ1) is 21.1. The number of nitro groups is 1. The van der Waals surface area contributed by atoms with E-state index in [1.54, 1.807) is 47.4 Å². The van der Waals surface area contributed by atoms with Crippen molar-refractivity contribution in [3.8, 4) is 5.75 Å². The average Bonchev–Trinajstić information content (AvgIpc) is 2.97. The lowest BCUT2D eigenvalue weighted by atomic mass is 10.2. The molecule has 0 saturated carbocycles. The average molecular weight is 627 g/mol. The van der Waals surface area contributed by atoms with Crippen molar-refractivity contribution in [3.05, 3.63) is 75.8 Å². The third-order valence-corrected chi connectivity index (χ3v) is 6.07. The number of nitro benzene ring substituents is 1. The Labute approximate surface area is 258 Å². The Hall–Kier alpha value is -5.24. The number of carbonyl (C=O) groups is 3. The fourth-order valence-corrected chi connectivity index (χ4v) is 4.02. The monoisotopic (exact) mass is 626 g/mol. The Balaban J connectivity index is 1.96. The molecule has 2 amide bonds. The number of non-ortho nitro benzene ring substituents is 1. The summed E-state index contributed by atoms with van der Waals surface area (Å²) >= 11 is 6.17.